The Labute approximate surface area is 146 Å². The van der Waals surface area contributed by atoms with E-state index < -0.39 is 0 Å². The number of benzene rings is 1. The third-order valence-corrected chi connectivity index (χ3v) is 5.60. The Hall–Kier alpha value is -1.26. The molecule has 1 aromatic rings. The van der Waals surface area contributed by atoms with Gasteiger partial charge in [0.25, 0.3) is 0 Å². The average molecular weight is 332 g/mol. The van der Waals surface area contributed by atoms with Crippen molar-refractivity contribution in [1.82, 2.24) is 9.80 Å². The van der Waals surface area contributed by atoms with Gasteiger partial charge in [-0.15, -0.1) is 0 Å². The van der Waals surface area contributed by atoms with Crippen molar-refractivity contribution in [2.75, 3.05) is 40.3 Å². The minimum absolute atomic E-state index is 0.315. The lowest BCUT2D eigenvalue weighted by molar-refractivity contribution is 0.0871. The van der Waals surface area contributed by atoms with Crippen LogP contribution in [0.3, 0.4) is 0 Å². The second-order valence-corrected chi connectivity index (χ2v) is 7.23. The van der Waals surface area contributed by atoms with Gasteiger partial charge in [-0.1, -0.05) is 18.6 Å². The molecule has 4 heteroatoms. The SMILES string of the molecule is COc1ccccc1OC1CCN(CC[C@H]2CCCCN2C)CC1. The van der Waals surface area contributed by atoms with Crippen LogP contribution in [0.4, 0.5) is 0 Å². The van der Waals surface area contributed by atoms with Crippen LogP contribution < -0.4 is 9.47 Å². The zero-order valence-electron chi connectivity index (χ0n) is 15.2. The van der Waals surface area contributed by atoms with E-state index in [9.17, 15) is 0 Å². The molecule has 2 saturated heterocycles. The van der Waals surface area contributed by atoms with Gasteiger partial charge in [-0.25, -0.2) is 0 Å². The first kappa shape index (κ1) is 17.6. The first-order valence-electron chi connectivity index (χ1n) is 9.48. The quantitative estimate of drug-likeness (QED) is 0.797. The fourth-order valence-electron chi connectivity index (χ4n) is 3.99. The van der Waals surface area contributed by atoms with E-state index in [2.05, 4.69) is 16.8 Å². The van der Waals surface area contributed by atoms with Crippen LogP contribution in [0.5, 0.6) is 11.5 Å². The van der Waals surface area contributed by atoms with Gasteiger partial charge in [0.05, 0.1) is 7.11 Å². The Balaban J connectivity index is 1.41. The third-order valence-electron chi connectivity index (χ3n) is 5.60. The summed E-state index contributed by atoms with van der Waals surface area (Å²) in [5, 5.41) is 0. The van der Waals surface area contributed by atoms with Gasteiger partial charge in [-0.2, -0.15) is 0 Å². The summed E-state index contributed by atoms with van der Waals surface area (Å²) in [6.07, 6.45) is 8.01. The summed E-state index contributed by atoms with van der Waals surface area (Å²) in [5.74, 6) is 1.71. The molecule has 0 N–H and O–H groups in total. The van der Waals surface area contributed by atoms with Crippen LogP contribution in [0.1, 0.15) is 38.5 Å². The molecule has 2 fully saturated rings. The molecule has 0 amide bonds. The monoisotopic (exact) mass is 332 g/mol. The van der Waals surface area contributed by atoms with Crippen LogP contribution in [0.15, 0.2) is 24.3 Å². The van der Waals surface area contributed by atoms with Crippen LogP contribution in [0, 0.1) is 0 Å². The minimum atomic E-state index is 0.315. The summed E-state index contributed by atoms with van der Waals surface area (Å²) in [7, 11) is 3.99. The van der Waals surface area contributed by atoms with Crippen molar-refractivity contribution in [2.45, 2.75) is 50.7 Å². The standard InChI is InChI=1S/C20H32N2O2/c1-21-13-6-5-7-17(21)10-14-22-15-11-18(12-16-22)24-20-9-4-3-8-19(20)23-2/h3-4,8-9,17-18H,5-7,10-16H2,1-2H3/t17-/m1/s1. The number of likely N-dealkylation sites (tertiary alicyclic amines) is 2. The topological polar surface area (TPSA) is 24.9 Å². The molecular weight excluding hydrogens is 300 g/mol. The fraction of sp³-hybridized carbons (Fsp3) is 0.700. The highest BCUT2D eigenvalue weighted by molar-refractivity contribution is 5.39. The number of methoxy groups -OCH3 is 1. The molecule has 2 aliphatic heterocycles. The molecule has 2 aliphatic rings. The molecular formula is C20H32N2O2. The van der Waals surface area contributed by atoms with Crippen molar-refractivity contribution in [2.24, 2.45) is 0 Å². The lowest BCUT2D eigenvalue weighted by Gasteiger charge is -2.36. The van der Waals surface area contributed by atoms with Crippen molar-refractivity contribution >= 4 is 0 Å². The summed E-state index contributed by atoms with van der Waals surface area (Å²) < 4.78 is 11.6. The third kappa shape index (κ3) is 4.64. The molecule has 0 radical (unpaired) electrons. The van der Waals surface area contributed by atoms with Crippen LogP contribution >= 0.6 is 0 Å². The van der Waals surface area contributed by atoms with E-state index in [0.717, 1.165) is 43.5 Å². The highest BCUT2D eigenvalue weighted by Crippen LogP contribution is 2.29. The van der Waals surface area contributed by atoms with Gasteiger partial charge in [0, 0.05) is 19.1 Å². The van der Waals surface area contributed by atoms with E-state index in [1.54, 1.807) is 7.11 Å². The maximum atomic E-state index is 6.18. The lowest BCUT2D eigenvalue weighted by atomic mass is 9.99. The number of rotatable bonds is 6. The molecule has 0 saturated carbocycles. The normalized spacial score (nSPS) is 24.0. The van der Waals surface area contributed by atoms with Gasteiger partial charge in [-0.05, 0) is 64.4 Å². The number of nitrogens with zero attached hydrogens (tertiary/aromatic N) is 2. The Morgan fingerprint density at radius 1 is 1.00 bits per heavy atom. The maximum Gasteiger partial charge on any atom is 0.161 e. The van der Waals surface area contributed by atoms with Gasteiger partial charge in [0.1, 0.15) is 6.10 Å². The molecule has 4 nitrogen and oxygen atoms in total. The Kier molecular flexibility index (Phi) is 6.38. The first-order valence-corrected chi connectivity index (χ1v) is 9.48. The molecule has 0 aliphatic carbocycles. The molecule has 0 bridgehead atoms. The van der Waals surface area contributed by atoms with E-state index in [1.165, 1.54) is 38.8 Å². The Morgan fingerprint density at radius 2 is 1.75 bits per heavy atom. The highest BCUT2D eigenvalue weighted by Gasteiger charge is 2.24. The smallest absolute Gasteiger partial charge is 0.161 e. The van der Waals surface area contributed by atoms with Gasteiger partial charge < -0.3 is 19.3 Å². The molecule has 1 atom stereocenters. The van der Waals surface area contributed by atoms with Gasteiger partial charge >= 0.3 is 0 Å². The second-order valence-electron chi connectivity index (χ2n) is 7.23. The predicted octanol–water partition coefficient (Wildman–Crippen LogP) is 3.41. The number of piperidine rings is 2. The van der Waals surface area contributed by atoms with Crippen molar-refractivity contribution in [3.8, 4) is 11.5 Å². The zero-order chi connectivity index (χ0) is 16.8. The molecule has 3 rings (SSSR count). The summed E-state index contributed by atoms with van der Waals surface area (Å²) in [6.45, 7) is 4.81. The van der Waals surface area contributed by atoms with Gasteiger partial charge in [0.15, 0.2) is 11.5 Å². The number of ether oxygens (including phenoxy) is 2. The Bertz CT molecular complexity index is 500. The molecule has 0 unspecified atom stereocenters. The van der Waals surface area contributed by atoms with Crippen molar-refractivity contribution in [3.63, 3.8) is 0 Å². The van der Waals surface area contributed by atoms with E-state index >= 15 is 0 Å². The predicted molar refractivity (Wildman–Crippen MR) is 98.0 cm³/mol. The Morgan fingerprint density at radius 3 is 2.46 bits per heavy atom. The van der Waals surface area contributed by atoms with Gasteiger partial charge in [0.2, 0.25) is 0 Å². The van der Waals surface area contributed by atoms with E-state index in [4.69, 9.17) is 9.47 Å². The number of para-hydroxylation sites is 2. The van der Waals surface area contributed by atoms with Crippen LogP contribution in [0.25, 0.3) is 0 Å². The highest BCUT2D eigenvalue weighted by atomic mass is 16.5. The molecule has 1 aromatic carbocycles. The molecule has 2 heterocycles. The van der Waals surface area contributed by atoms with Crippen molar-refractivity contribution in [1.29, 1.82) is 0 Å². The second kappa shape index (κ2) is 8.72. The molecule has 24 heavy (non-hydrogen) atoms. The lowest BCUT2D eigenvalue weighted by Crippen LogP contribution is -2.42. The van der Waals surface area contributed by atoms with Crippen LogP contribution in [-0.4, -0.2) is 62.3 Å². The van der Waals surface area contributed by atoms with Crippen molar-refractivity contribution in [3.05, 3.63) is 24.3 Å². The molecule has 0 aromatic heterocycles. The summed E-state index contributed by atoms with van der Waals surface area (Å²) in [4.78, 5) is 5.17. The average Bonchev–Trinajstić information content (AvgIpc) is 2.63. The van der Waals surface area contributed by atoms with Gasteiger partial charge in [-0.3, -0.25) is 0 Å². The van der Waals surface area contributed by atoms with E-state index in [0.29, 0.717) is 6.10 Å². The van der Waals surface area contributed by atoms with Crippen molar-refractivity contribution < 1.29 is 9.47 Å². The van der Waals surface area contributed by atoms with Crippen LogP contribution in [-0.2, 0) is 0 Å². The number of hydrogen-bond donors (Lipinski definition) is 0. The summed E-state index contributed by atoms with van der Waals surface area (Å²) in [6, 6.07) is 8.75. The summed E-state index contributed by atoms with van der Waals surface area (Å²) in [5.41, 5.74) is 0. The van der Waals surface area contributed by atoms with E-state index in [1.807, 2.05) is 24.3 Å². The largest absolute Gasteiger partial charge is 0.493 e. The fourth-order valence-corrected chi connectivity index (χ4v) is 3.99. The van der Waals surface area contributed by atoms with E-state index in [-0.39, 0.29) is 0 Å². The first-order chi connectivity index (χ1) is 11.8. The molecule has 0 spiro atoms. The summed E-state index contributed by atoms with van der Waals surface area (Å²) >= 11 is 0. The maximum absolute atomic E-state index is 6.18. The number of hydrogen-bond acceptors (Lipinski definition) is 4. The molecule has 134 valence electrons. The van der Waals surface area contributed by atoms with Crippen LogP contribution in [0.2, 0.25) is 0 Å². The minimum Gasteiger partial charge on any atom is -0.493 e. The zero-order valence-corrected chi connectivity index (χ0v) is 15.2.